The van der Waals surface area contributed by atoms with Gasteiger partial charge in [0.05, 0.1) is 48.8 Å². The van der Waals surface area contributed by atoms with Gasteiger partial charge in [0.1, 0.15) is 24.2 Å². The molecule has 5 aromatic carbocycles. The van der Waals surface area contributed by atoms with E-state index in [2.05, 4.69) is 50.9 Å². The van der Waals surface area contributed by atoms with E-state index < -0.39 is 15.4 Å². The molecule has 0 fully saturated rings. The third kappa shape index (κ3) is 14.4. The number of carbonyl (C=O) groups excluding carboxylic acids is 4. The lowest BCUT2D eigenvalue weighted by Gasteiger charge is -2.36. The molecule has 3 atom stereocenters. The van der Waals surface area contributed by atoms with E-state index in [4.69, 9.17) is 18.4 Å². The minimum Gasteiger partial charge on any atom is -0.493 e. The predicted octanol–water partition coefficient (Wildman–Crippen LogP) is 11.0. The Morgan fingerprint density at radius 3 is 2.12 bits per heavy atom. The van der Waals surface area contributed by atoms with Crippen molar-refractivity contribution < 1.29 is 46.0 Å². The maximum atomic E-state index is 14.3. The highest BCUT2D eigenvalue weighted by atomic mass is 33.1. The van der Waals surface area contributed by atoms with E-state index in [0.717, 1.165) is 60.7 Å². The number of unbranched alkanes of at least 4 members (excludes halogenated alkanes) is 2. The maximum absolute atomic E-state index is 14.3. The average Bonchev–Trinajstić information content (AvgIpc) is 3.89. The molecule has 0 spiro atoms. The summed E-state index contributed by atoms with van der Waals surface area (Å²) in [4.78, 5) is 65.8. The highest BCUT2D eigenvalue weighted by Crippen LogP contribution is 2.42. The summed E-state index contributed by atoms with van der Waals surface area (Å²) < 4.78 is 49.1. The van der Waals surface area contributed by atoms with Crippen molar-refractivity contribution in [3.8, 4) is 17.2 Å². The summed E-state index contributed by atoms with van der Waals surface area (Å²) in [6, 6.07) is 29.8. The second-order valence-electron chi connectivity index (χ2n) is 22.3. The van der Waals surface area contributed by atoms with Gasteiger partial charge in [-0.05, 0) is 142 Å². The fourth-order valence-corrected chi connectivity index (χ4v) is 15.2. The standard InChI is InChI=1S/C63H76N6O10S3/c1-8-64-24-15-9-10-20-55(70)59(82(74,75)77-7)22-25-80-81-63(3,4)23-21-60(71)66-48-28-42(39-78-56-34-54-52(26-41(56)2)62(73)69-37-47-19-14-12-17-45(47)31-50(69)38-67(54)5)27-43(29-48)40-79-58-33-53-51(32-57(58)76-6)61(72)68-36-46-18-13-11-16-44(46)30-49(68)35-65-53/h8,11-14,16-19,26-29,32-34,49-50,59,65H,9-10,15,20-25,30-31,35-40H2,1-7H3,(H,66,71)/t49-,50-,59?/m0/s1. The van der Waals surface area contributed by atoms with Crippen molar-refractivity contribution in [1.29, 1.82) is 0 Å². The van der Waals surface area contributed by atoms with Crippen LogP contribution in [0.25, 0.3) is 0 Å². The van der Waals surface area contributed by atoms with Gasteiger partial charge >= 0.3 is 0 Å². The monoisotopic (exact) mass is 1170 g/mol. The number of fused-ring (bicyclic) bond motifs is 6. The Hall–Kier alpha value is -6.54. The number of rotatable bonds is 25. The molecule has 82 heavy (non-hydrogen) atoms. The molecule has 0 bridgehead atoms. The summed E-state index contributed by atoms with van der Waals surface area (Å²) in [5.74, 6) is 1.29. The molecule has 1 unspecified atom stereocenters. The van der Waals surface area contributed by atoms with Gasteiger partial charge in [0.2, 0.25) is 5.91 Å². The molecule has 3 amide bonds. The number of carbonyl (C=O) groups is 4. The quantitative estimate of drug-likeness (QED) is 0.0243. The summed E-state index contributed by atoms with van der Waals surface area (Å²) >= 11 is 0. The molecule has 0 saturated carbocycles. The summed E-state index contributed by atoms with van der Waals surface area (Å²) in [5.41, 5.74) is 10.3. The van der Waals surface area contributed by atoms with Crippen LogP contribution in [0.1, 0.15) is 125 Å². The first-order valence-corrected chi connectivity index (χ1v) is 32.1. The molecule has 0 aromatic heterocycles. The molecule has 0 aliphatic carbocycles. The number of hydrogen-bond acceptors (Lipinski definition) is 15. The van der Waals surface area contributed by atoms with Gasteiger partial charge < -0.3 is 39.5 Å². The summed E-state index contributed by atoms with van der Waals surface area (Å²) in [5, 5.41) is 5.43. The third-order valence-corrected chi connectivity index (χ3v) is 20.9. The highest BCUT2D eigenvalue weighted by Gasteiger charge is 2.38. The van der Waals surface area contributed by atoms with Crippen LogP contribution in [0.3, 0.4) is 0 Å². The van der Waals surface area contributed by atoms with Crippen LogP contribution in [0, 0.1) is 6.92 Å². The zero-order chi connectivity index (χ0) is 58.1. The largest absolute Gasteiger partial charge is 0.493 e. The van der Waals surface area contributed by atoms with Crippen LogP contribution in [0.15, 0.2) is 96.0 Å². The van der Waals surface area contributed by atoms with Crippen molar-refractivity contribution in [2.75, 3.05) is 62.2 Å². The zero-order valence-electron chi connectivity index (χ0n) is 48.1. The number of nitrogens with one attached hydrogen (secondary N) is 2. The molecule has 436 valence electrons. The van der Waals surface area contributed by atoms with Crippen molar-refractivity contribution in [3.63, 3.8) is 0 Å². The topological polar surface area (TPSA) is 185 Å². The van der Waals surface area contributed by atoms with E-state index >= 15 is 0 Å². The molecule has 5 aromatic rings. The lowest BCUT2D eigenvalue weighted by atomic mass is 9.93. The molecule has 9 rings (SSSR count). The van der Waals surface area contributed by atoms with Crippen LogP contribution in [0.2, 0.25) is 0 Å². The van der Waals surface area contributed by atoms with Gasteiger partial charge in [-0.2, -0.15) is 8.42 Å². The summed E-state index contributed by atoms with van der Waals surface area (Å²) in [6.45, 7) is 11.1. The van der Waals surface area contributed by atoms with Gasteiger partial charge in [-0.25, -0.2) is 0 Å². The van der Waals surface area contributed by atoms with Crippen LogP contribution in [-0.4, -0.2) is 117 Å². The lowest BCUT2D eigenvalue weighted by Crippen LogP contribution is -2.47. The number of methoxy groups -OCH3 is 1. The van der Waals surface area contributed by atoms with Crippen LogP contribution < -0.4 is 29.7 Å². The number of ketones is 1. The van der Waals surface area contributed by atoms with Gasteiger partial charge in [0.25, 0.3) is 21.9 Å². The van der Waals surface area contributed by atoms with Crippen LogP contribution >= 0.6 is 21.6 Å². The smallest absolute Gasteiger partial charge is 0.277 e. The Kier molecular flexibility index (Phi) is 19.6. The molecule has 0 saturated heterocycles. The molecule has 4 aliphatic heterocycles. The van der Waals surface area contributed by atoms with Crippen LogP contribution in [0.5, 0.6) is 17.2 Å². The Bertz CT molecular complexity index is 3320. The minimum absolute atomic E-state index is 0.00502. The number of nitrogens with zero attached hydrogens (tertiary/aromatic N) is 4. The van der Waals surface area contributed by atoms with Gasteiger partial charge in [0.15, 0.2) is 17.3 Å². The first-order valence-electron chi connectivity index (χ1n) is 28.3. The number of ether oxygens (including phenoxy) is 3. The number of aryl methyl sites for hydroxylation is 1. The van der Waals surface area contributed by atoms with Crippen LogP contribution in [-0.2, 0) is 63.0 Å². The van der Waals surface area contributed by atoms with Crippen molar-refractivity contribution >= 4 is 78.5 Å². The fraction of sp³-hybridized carbons (Fsp3) is 0.444. The second kappa shape index (κ2) is 26.8. The third-order valence-electron chi connectivity index (χ3n) is 15.9. The van der Waals surface area contributed by atoms with Crippen LogP contribution in [0.4, 0.5) is 17.1 Å². The van der Waals surface area contributed by atoms with Gasteiger partial charge in [-0.1, -0.05) is 76.5 Å². The van der Waals surface area contributed by atoms with Crippen molar-refractivity contribution in [2.45, 2.75) is 134 Å². The molecule has 19 heteroatoms. The molecule has 0 radical (unpaired) electrons. The highest BCUT2D eigenvalue weighted by molar-refractivity contribution is 8.77. The Morgan fingerprint density at radius 1 is 0.805 bits per heavy atom. The Morgan fingerprint density at radius 2 is 1.45 bits per heavy atom. The van der Waals surface area contributed by atoms with E-state index in [1.54, 1.807) is 30.2 Å². The summed E-state index contributed by atoms with van der Waals surface area (Å²) in [6.07, 6.45) is 6.49. The fourth-order valence-electron chi connectivity index (χ4n) is 11.3. The molecule has 16 nitrogen and oxygen atoms in total. The molecule has 2 N–H and O–H groups in total. The van der Waals surface area contributed by atoms with E-state index in [9.17, 15) is 27.6 Å². The first-order chi connectivity index (χ1) is 39.4. The number of Topliss-reactive ketones (excluding diaryl/α,β-unsaturated/α-hetero) is 1. The first kappa shape index (κ1) is 60.1. The van der Waals surface area contributed by atoms with E-state index in [-0.39, 0.29) is 72.8 Å². The van der Waals surface area contributed by atoms with Crippen molar-refractivity contribution in [2.24, 2.45) is 4.99 Å². The molecular formula is C63H76N6O10S3. The van der Waals surface area contributed by atoms with E-state index in [0.29, 0.717) is 91.1 Å². The second-order valence-corrected chi connectivity index (χ2v) is 27.3. The molecular weight excluding hydrogens is 1100 g/mol. The van der Waals surface area contributed by atoms with Gasteiger partial charge in [-0.3, -0.25) is 28.4 Å². The molecule has 4 heterocycles. The number of likely N-dealkylation sites (N-methyl/N-ethyl adjacent to an activating group) is 1. The van der Waals surface area contributed by atoms with Crippen molar-refractivity contribution in [1.82, 2.24) is 9.80 Å². The lowest BCUT2D eigenvalue weighted by molar-refractivity contribution is -0.119. The number of benzene rings is 5. The average molecular weight is 1170 g/mol. The van der Waals surface area contributed by atoms with Gasteiger partial charge in [0, 0.05) is 80.9 Å². The molecule has 4 aliphatic rings. The summed E-state index contributed by atoms with van der Waals surface area (Å²) in [7, 11) is 3.64. The minimum atomic E-state index is -4.06. The van der Waals surface area contributed by atoms with E-state index in [1.165, 1.54) is 27.5 Å². The normalized spacial score (nSPS) is 17.0. The number of amides is 3. The Labute approximate surface area is 491 Å². The number of anilines is 3. The van der Waals surface area contributed by atoms with E-state index in [1.807, 2.05) is 99.1 Å². The number of hydrogen-bond donors (Lipinski definition) is 2. The van der Waals surface area contributed by atoms with Crippen molar-refractivity contribution in [3.05, 3.63) is 141 Å². The Balaban J connectivity index is 0.886. The number of aliphatic imine (C=N–C) groups is 1. The SMILES string of the molecule is CC=NCCCCCC(=O)C(CCSSC(C)(C)CCC(=O)Nc1cc(COc2cc3c(cc2C)C(=O)N2Cc4ccccc4C[C@H]2CN3C)cc(COc2cc3c(cc2OC)C(=O)N2Cc4ccccc4C[C@H]2CN3)c1)S(=O)(=O)OC. The predicted molar refractivity (Wildman–Crippen MR) is 327 cm³/mol. The maximum Gasteiger partial charge on any atom is 0.277 e. The van der Waals surface area contributed by atoms with Gasteiger partial charge in [-0.15, -0.1) is 0 Å². The zero-order valence-corrected chi connectivity index (χ0v) is 50.5.